The van der Waals surface area contributed by atoms with Crippen molar-refractivity contribution in [3.8, 4) is 17.3 Å². The Morgan fingerprint density at radius 1 is 1.08 bits per heavy atom. The van der Waals surface area contributed by atoms with E-state index in [1.165, 1.54) is 0 Å². The van der Waals surface area contributed by atoms with Gasteiger partial charge in [-0.15, -0.1) is 0 Å². The molecule has 0 saturated carbocycles. The molecule has 1 spiro atoms. The second-order valence-electron chi connectivity index (χ2n) is 9.29. The van der Waals surface area contributed by atoms with Gasteiger partial charge in [-0.1, -0.05) is 60.1 Å². The number of esters is 1. The minimum atomic E-state index is -1.62. The van der Waals surface area contributed by atoms with Crippen LogP contribution in [0.15, 0.2) is 72.8 Å². The van der Waals surface area contributed by atoms with Crippen LogP contribution < -0.4 is 0 Å². The highest BCUT2D eigenvalue weighted by Gasteiger charge is 2.74. The van der Waals surface area contributed by atoms with Crippen LogP contribution in [0.4, 0.5) is 0 Å². The van der Waals surface area contributed by atoms with E-state index in [-0.39, 0.29) is 6.61 Å². The maximum atomic E-state index is 14.1. The third-order valence-corrected chi connectivity index (χ3v) is 7.91. The fourth-order valence-corrected chi connectivity index (χ4v) is 6.38. The Labute approximate surface area is 214 Å². The van der Waals surface area contributed by atoms with E-state index in [2.05, 4.69) is 11.0 Å². The van der Waals surface area contributed by atoms with Crippen LogP contribution in [0.2, 0.25) is 5.02 Å². The third kappa shape index (κ3) is 2.73. The number of halogens is 1. The van der Waals surface area contributed by atoms with Gasteiger partial charge in [0.1, 0.15) is 5.54 Å². The van der Waals surface area contributed by atoms with Crippen molar-refractivity contribution < 1.29 is 9.53 Å². The maximum Gasteiger partial charge on any atom is 0.329 e. The highest BCUT2D eigenvalue weighted by atomic mass is 35.5. The Morgan fingerprint density at radius 3 is 2.44 bits per heavy atom. The number of likely N-dealkylation sites (tertiary alicyclic amines) is 1. The number of para-hydroxylation sites is 2. The van der Waals surface area contributed by atoms with E-state index in [4.69, 9.17) is 26.3 Å². The van der Waals surface area contributed by atoms with Crippen molar-refractivity contribution in [2.75, 3.05) is 20.2 Å². The number of nitrogens with zero attached hydrogens (tertiary/aromatic N) is 4. The van der Waals surface area contributed by atoms with E-state index in [1.54, 1.807) is 19.1 Å². The molecule has 178 valence electrons. The molecular formula is C29H23ClN4O2. The lowest BCUT2D eigenvalue weighted by Crippen LogP contribution is -2.55. The summed E-state index contributed by atoms with van der Waals surface area (Å²) in [6.07, 6.45) is 0. The number of carbonyl (C=O) groups is 1. The predicted octanol–water partition coefficient (Wildman–Crippen LogP) is 5.31. The number of nitriles is 1. The molecule has 6 rings (SSSR count). The van der Waals surface area contributed by atoms with Gasteiger partial charge in [0.2, 0.25) is 0 Å². The molecule has 1 fully saturated rings. The summed E-state index contributed by atoms with van der Waals surface area (Å²) < 4.78 is 5.69. The number of ether oxygens (including phenoxy) is 1. The number of benzene rings is 3. The van der Waals surface area contributed by atoms with Gasteiger partial charge in [-0.3, -0.25) is 9.69 Å². The molecule has 1 saturated heterocycles. The van der Waals surface area contributed by atoms with Gasteiger partial charge in [0, 0.05) is 23.0 Å². The average molecular weight is 495 g/mol. The monoisotopic (exact) mass is 494 g/mol. The van der Waals surface area contributed by atoms with Gasteiger partial charge in [0.25, 0.3) is 0 Å². The molecule has 1 aliphatic carbocycles. The average Bonchev–Trinajstić information content (AvgIpc) is 3.34. The molecule has 0 unspecified atom stereocenters. The fourth-order valence-electron chi connectivity index (χ4n) is 6.25. The summed E-state index contributed by atoms with van der Waals surface area (Å²) >= 11 is 6.19. The topological polar surface area (TPSA) is 79.1 Å². The summed E-state index contributed by atoms with van der Waals surface area (Å²) in [7, 11) is 1.95. The van der Waals surface area contributed by atoms with Crippen LogP contribution in [0, 0.1) is 16.7 Å². The molecule has 6 nitrogen and oxygen atoms in total. The van der Waals surface area contributed by atoms with Crippen LogP contribution >= 0.6 is 11.6 Å². The molecular weight excluding hydrogens is 472 g/mol. The van der Waals surface area contributed by atoms with Crippen molar-refractivity contribution in [2.24, 2.45) is 5.41 Å². The van der Waals surface area contributed by atoms with E-state index in [0.29, 0.717) is 28.5 Å². The van der Waals surface area contributed by atoms with Crippen molar-refractivity contribution >= 4 is 28.6 Å². The number of likely N-dealkylation sites (N-methyl/N-ethyl adjacent to an activating group) is 1. The van der Waals surface area contributed by atoms with Crippen molar-refractivity contribution in [3.63, 3.8) is 0 Å². The molecule has 2 aliphatic rings. The summed E-state index contributed by atoms with van der Waals surface area (Å²) in [5, 5.41) is 11.6. The van der Waals surface area contributed by atoms with Gasteiger partial charge in [0.15, 0.2) is 5.41 Å². The Morgan fingerprint density at radius 2 is 1.75 bits per heavy atom. The van der Waals surface area contributed by atoms with Crippen LogP contribution in [0.1, 0.15) is 29.7 Å². The van der Waals surface area contributed by atoms with Gasteiger partial charge < -0.3 is 4.74 Å². The summed E-state index contributed by atoms with van der Waals surface area (Å²) in [4.78, 5) is 26.3. The van der Waals surface area contributed by atoms with E-state index in [9.17, 15) is 10.1 Å². The van der Waals surface area contributed by atoms with E-state index >= 15 is 0 Å². The number of fused-ring (bicyclic) bond motifs is 6. The SMILES string of the molecule is CCOC(=O)[C@]1(C#N)[C@@H](c2ccc(Cl)cc2)CN(C)[C@@]12c1ccccc1-c1nc3ccccc3nc12. The minimum absolute atomic E-state index is 0.160. The first-order valence-corrected chi connectivity index (χ1v) is 12.3. The number of aromatic nitrogens is 2. The Bertz CT molecular complexity index is 1560. The first-order valence-electron chi connectivity index (χ1n) is 11.9. The second-order valence-corrected chi connectivity index (χ2v) is 9.73. The van der Waals surface area contributed by atoms with E-state index in [1.807, 2.05) is 67.7 Å². The second kappa shape index (κ2) is 8.12. The van der Waals surface area contributed by atoms with Crippen molar-refractivity contribution in [2.45, 2.75) is 18.4 Å². The van der Waals surface area contributed by atoms with E-state index < -0.39 is 22.8 Å². The first kappa shape index (κ1) is 22.7. The molecule has 1 aromatic heterocycles. The van der Waals surface area contributed by atoms with Gasteiger partial charge in [-0.2, -0.15) is 5.26 Å². The lowest BCUT2D eigenvalue weighted by atomic mass is 9.61. The zero-order chi connectivity index (χ0) is 25.1. The van der Waals surface area contributed by atoms with E-state index in [0.717, 1.165) is 22.2 Å². The highest BCUT2D eigenvalue weighted by Crippen LogP contribution is 2.66. The molecule has 3 atom stereocenters. The molecule has 3 aromatic carbocycles. The van der Waals surface area contributed by atoms with Crippen LogP contribution in [0.5, 0.6) is 0 Å². The van der Waals surface area contributed by atoms with Crippen LogP contribution in [0.3, 0.4) is 0 Å². The Kier molecular flexibility index (Phi) is 5.11. The van der Waals surface area contributed by atoms with Crippen molar-refractivity contribution in [3.05, 3.63) is 94.6 Å². The zero-order valence-electron chi connectivity index (χ0n) is 19.9. The molecule has 0 amide bonds. The van der Waals surface area contributed by atoms with Crippen LogP contribution in [0.25, 0.3) is 22.3 Å². The largest absolute Gasteiger partial charge is 0.465 e. The summed E-state index contributed by atoms with van der Waals surface area (Å²) in [5.74, 6) is -1.05. The van der Waals surface area contributed by atoms with Gasteiger partial charge in [-0.25, -0.2) is 9.97 Å². The lowest BCUT2D eigenvalue weighted by Gasteiger charge is -2.42. The fraction of sp³-hybridized carbons (Fsp3) is 0.241. The zero-order valence-corrected chi connectivity index (χ0v) is 20.7. The molecule has 2 heterocycles. The summed E-state index contributed by atoms with van der Waals surface area (Å²) in [6, 6.07) is 25.4. The quantitative estimate of drug-likeness (QED) is 0.359. The normalized spacial score (nSPS) is 24.4. The smallest absolute Gasteiger partial charge is 0.329 e. The van der Waals surface area contributed by atoms with Crippen molar-refractivity contribution in [1.82, 2.24) is 14.9 Å². The molecule has 0 N–H and O–H groups in total. The van der Waals surface area contributed by atoms with Gasteiger partial charge in [-0.05, 0) is 49.4 Å². The van der Waals surface area contributed by atoms with Gasteiger partial charge >= 0.3 is 5.97 Å². The number of rotatable bonds is 3. The van der Waals surface area contributed by atoms with Gasteiger partial charge in [0.05, 0.1) is 35.1 Å². The molecule has 7 heteroatoms. The summed E-state index contributed by atoms with van der Waals surface area (Å²) in [6.45, 7) is 2.36. The van der Waals surface area contributed by atoms with Crippen LogP contribution in [-0.4, -0.2) is 41.0 Å². The first-order chi connectivity index (χ1) is 17.5. The number of carbonyl (C=O) groups excluding carboxylic acids is 1. The highest BCUT2D eigenvalue weighted by molar-refractivity contribution is 6.30. The third-order valence-electron chi connectivity index (χ3n) is 7.65. The molecule has 0 radical (unpaired) electrons. The van der Waals surface area contributed by atoms with Crippen LogP contribution in [-0.2, 0) is 15.1 Å². The Hall–Kier alpha value is -3.79. The summed E-state index contributed by atoms with van der Waals surface area (Å²) in [5.41, 5.74) is 2.51. The molecule has 0 bridgehead atoms. The number of hydrogen-bond acceptors (Lipinski definition) is 6. The predicted molar refractivity (Wildman–Crippen MR) is 137 cm³/mol. The lowest BCUT2D eigenvalue weighted by molar-refractivity contribution is -0.156. The molecule has 36 heavy (non-hydrogen) atoms. The standard InChI is InChI=1S/C29H23ClN4O2/c1-3-36-27(35)28(17-31)22(18-12-14-19(30)15-13-18)16-34(2)29(28)21-9-5-4-8-20(21)25-26(29)33-24-11-7-6-10-23(24)32-25/h4-15,22H,3,16H2,1-2H3/t22-,28+,29-/m1/s1. The maximum absolute atomic E-state index is 14.1. The molecule has 4 aromatic rings. The Balaban J connectivity index is 1.74. The molecule has 1 aliphatic heterocycles. The number of hydrogen-bond donors (Lipinski definition) is 0. The van der Waals surface area contributed by atoms with Crippen molar-refractivity contribution in [1.29, 1.82) is 5.26 Å². The minimum Gasteiger partial charge on any atom is -0.465 e.